The molecule has 0 amide bonds. The molecule has 0 saturated carbocycles. The summed E-state index contributed by atoms with van der Waals surface area (Å²) in [6.07, 6.45) is 3.27. The normalized spacial score (nSPS) is 11.8. The maximum atomic E-state index is 6.20. The van der Waals surface area contributed by atoms with Crippen LogP contribution in [0.5, 0.6) is 0 Å². The van der Waals surface area contributed by atoms with E-state index >= 15 is 0 Å². The van der Waals surface area contributed by atoms with E-state index in [1.54, 1.807) is 4.40 Å². The molecular weight excluding hydrogens is 997 g/mol. The number of benzene rings is 5. The van der Waals surface area contributed by atoms with E-state index in [9.17, 15) is 0 Å². The van der Waals surface area contributed by atoms with Crippen molar-refractivity contribution in [1.29, 1.82) is 0 Å². The van der Waals surface area contributed by atoms with Gasteiger partial charge in [-0.3, -0.25) is 4.98 Å². The molecule has 0 aliphatic heterocycles. The number of fused-ring (bicyclic) bond motifs is 4. The fraction of sp³-hybridized carbons (Fsp3) is 0.255. The van der Waals surface area contributed by atoms with Crippen LogP contribution in [0.1, 0.15) is 75.8 Å². The molecule has 4 heterocycles. The Morgan fingerprint density at radius 3 is 2.03 bits per heavy atom. The van der Waals surface area contributed by atoms with E-state index in [1.807, 2.05) is 31.2 Å². The Morgan fingerprint density at radius 1 is 0.694 bits per heavy atom. The molecule has 0 aliphatic carbocycles. The van der Waals surface area contributed by atoms with Gasteiger partial charge in [0.1, 0.15) is 0 Å². The third-order valence-electron chi connectivity index (χ3n) is 11.4. The maximum Gasteiger partial charge on any atom is 0.215 e. The zero-order valence-corrected chi connectivity index (χ0v) is 42.1. The van der Waals surface area contributed by atoms with Gasteiger partial charge in [0.05, 0.1) is 22.4 Å². The third kappa shape index (κ3) is 9.29. The average molecular weight is 1050 g/mol. The van der Waals surface area contributed by atoms with Crippen LogP contribution in [0.4, 0.5) is 0 Å². The van der Waals surface area contributed by atoms with Gasteiger partial charge < -0.3 is 8.98 Å². The number of hydrogen-bond acceptors (Lipinski definition) is 4. The van der Waals surface area contributed by atoms with Crippen LogP contribution in [0.25, 0.3) is 72.6 Å². The number of aromatic nitrogens is 4. The average Bonchev–Trinajstić information content (AvgIpc) is 3.81. The molecule has 0 spiro atoms. The molecule has 0 N–H and O–H groups in total. The summed E-state index contributed by atoms with van der Waals surface area (Å²) in [5, 5.41) is 2.01. The molecule has 0 saturated heterocycles. The molecule has 5 nitrogen and oxygen atoms in total. The molecule has 1 radical (unpaired) electrons. The molecule has 62 heavy (non-hydrogen) atoms. The summed E-state index contributed by atoms with van der Waals surface area (Å²) in [6, 6.07) is 49.3. The summed E-state index contributed by atoms with van der Waals surface area (Å²) in [7, 11) is 0. The van der Waals surface area contributed by atoms with E-state index in [2.05, 4.69) is 184 Å². The number of imidazole rings is 1. The molecule has 0 unspecified atom stereocenters. The summed E-state index contributed by atoms with van der Waals surface area (Å²) in [5.41, 5.74) is 15.1. The SMILES string of the molecule is CC(C)Cc1cc(-c2[c-]cccc2)nc[c]1[Ge]([CH3])([CH3])[CH3].Cc1ccc2c(n1)oc1[c-]c(-c3nc4ccccc4n3-c3c(C(C)C)cc(-c4ccccc4)cc3C(C)C)ccc12.[Ir]. The van der Waals surface area contributed by atoms with Crippen molar-refractivity contribution in [2.45, 2.75) is 84.0 Å². The molecule has 0 aliphatic rings. The van der Waals surface area contributed by atoms with Gasteiger partial charge in [0.25, 0.3) is 0 Å². The zero-order chi connectivity index (χ0) is 43.0. The number of furan rings is 1. The molecule has 0 fully saturated rings. The number of para-hydroxylation sites is 2. The van der Waals surface area contributed by atoms with Crippen LogP contribution >= 0.6 is 0 Å². The monoisotopic (exact) mass is 1060 g/mol. The Bertz CT molecular complexity index is 2950. The number of hydrogen-bond donors (Lipinski definition) is 0. The van der Waals surface area contributed by atoms with Gasteiger partial charge in [0.2, 0.25) is 5.71 Å². The molecule has 0 atom stereocenters. The van der Waals surface area contributed by atoms with Gasteiger partial charge >= 0.3 is 126 Å². The van der Waals surface area contributed by atoms with Crippen molar-refractivity contribution >= 4 is 50.8 Å². The van der Waals surface area contributed by atoms with Crippen LogP contribution in [0.15, 0.2) is 132 Å². The summed E-state index contributed by atoms with van der Waals surface area (Å²) in [6.45, 7) is 15.7. The fourth-order valence-corrected chi connectivity index (χ4v) is 11.7. The first-order valence-electron chi connectivity index (χ1n) is 21.7. The zero-order valence-electron chi connectivity index (χ0n) is 37.6. The van der Waals surface area contributed by atoms with E-state index in [-0.39, 0.29) is 20.1 Å². The van der Waals surface area contributed by atoms with Crippen LogP contribution < -0.4 is 4.40 Å². The van der Waals surface area contributed by atoms with Crippen molar-refractivity contribution in [3.63, 3.8) is 0 Å². The Labute approximate surface area is 383 Å². The minimum atomic E-state index is -1.86. The number of nitrogens with zero attached hydrogens (tertiary/aromatic N) is 4. The van der Waals surface area contributed by atoms with Gasteiger partial charge in [-0.2, -0.15) is 0 Å². The molecule has 9 rings (SSSR count). The summed E-state index contributed by atoms with van der Waals surface area (Å²) >= 11 is -1.86. The molecule has 317 valence electrons. The number of aryl methyl sites for hydroxylation is 1. The topological polar surface area (TPSA) is 56.7 Å². The Morgan fingerprint density at radius 2 is 1.37 bits per heavy atom. The van der Waals surface area contributed by atoms with Crippen molar-refractivity contribution in [2.75, 3.05) is 0 Å². The number of pyridine rings is 2. The van der Waals surface area contributed by atoms with Gasteiger partial charge in [0.15, 0.2) is 0 Å². The molecule has 0 bridgehead atoms. The summed E-state index contributed by atoms with van der Waals surface area (Å²) in [4.78, 5) is 14.5. The quantitative estimate of drug-likeness (QED) is 0.107. The van der Waals surface area contributed by atoms with Crippen LogP contribution in [0.3, 0.4) is 0 Å². The van der Waals surface area contributed by atoms with Crippen LogP contribution in [0, 0.1) is 25.0 Å². The van der Waals surface area contributed by atoms with E-state index in [0.717, 1.165) is 56.6 Å². The van der Waals surface area contributed by atoms with E-state index in [4.69, 9.17) is 14.4 Å². The molecule has 5 aromatic carbocycles. The largest absolute Gasteiger partial charge is 0.459 e. The van der Waals surface area contributed by atoms with Gasteiger partial charge in [0, 0.05) is 36.9 Å². The Balaban J connectivity index is 0.000000233. The smallest absolute Gasteiger partial charge is 0.215 e. The third-order valence-corrected chi connectivity index (χ3v) is 15.7. The van der Waals surface area contributed by atoms with Crippen LogP contribution in [-0.2, 0) is 26.5 Å². The minimum Gasteiger partial charge on any atom is -0.459 e. The van der Waals surface area contributed by atoms with Gasteiger partial charge in [-0.05, 0) is 71.3 Å². The van der Waals surface area contributed by atoms with Crippen LogP contribution in [0.2, 0.25) is 17.3 Å². The fourth-order valence-electron chi connectivity index (χ4n) is 8.34. The molecule has 7 heteroatoms. The van der Waals surface area contributed by atoms with E-state index in [1.165, 1.54) is 33.5 Å². The Kier molecular flexibility index (Phi) is 13.5. The van der Waals surface area contributed by atoms with E-state index < -0.39 is 13.3 Å². The molecule has 9 aromatic rings. The maximum absolute atomic E-state index is 6.20. The van der Waals surface area contributed by atoms with Crippen molar-refractivity contribution in [1.82, 2.24) is 19.5 Å². The van der Waals surface area contributed by atoms with Crippen molar-refractivity contribution in [2.24, 2.45) is 5.92 Å². The second kappa shape index (κ2) is 18.7. The first-order chi connectivity index (χ1) is 29.3. The first-order valence-corrected chi connectivity index (χ1v) is 29.0. The van der Waals surface area contributed by atoms with Crippen LogP contribution in [-0.4, -0.2) is 32.8 Å². The van der Waals surface area contributed by atoms with Crippen molar-refractivity contribution in [3.05, 3.63) is 162 Å². The molecule has 4 aromatic heterocycles. The second-order valence-electron chi connectivity index (χ2n) is 18.3. The predicted octanol–water partition coefficient (Wildman–Crippen LogP) is 14.3. The van der Waals surface area contributed by atoms with Crippen molar-refractivity contribution < 1.29 is 24.5 Å². The van der Waals surface area contributed by atoms with Gasteiger partial charge in [-0.15, -0.1) is 17.7 Å². The predicted molar refractivity (Wildman–Crippen MR) is 259 cm³/mol. The summed E-state index contributed by atoms with van der Waals surface area (Å²) < 4.78 is 10.1. The van der Waals surface area contributed by atoms with E-state index in [0.29, 0.717) is 29.1 Å². The van der Waals surface area contributed by atoms with Gasteiger partial charge in [-0.1, -0.05) is 87.7 Å². The first kappa shape index (κ1) is 44.9. The second-order valence-corrected chi connectivity index (χ2v) is 28.9. The molecular formula is C55H56GeIrN4O-2. The number of rotatable bonds is 9. The van der Waals surface area contributed by atoms with Crippen molar-refractivity contribution in [3.8, 4) is 39.5 Å². The van der Waals surface area contributed by atoms with Gasteiger partial charge in [-0.25, -0.2) is 4.98 Å². The Hall–Kier alpha value is -5.14. The minimum absolute atomic E-state index is 0. The standard InChI is InChI=1S/C37H32N3O.C18H24GeN.Ir/c1-22(2)30-19-27(25-11-7-6-8-12-25)20-31(23(3)4)35(30)40-33-14-10-9-13-32(33)39-36(40)26-16-18-28-29-17-15-24(5)38-37(29)41-34(28)21-26;1-14(2)11-16-12-18(15-9-7-6-8-10-15)20-13-17(16)19(3,4)5;/h6-20,22-23H,1-5H3;6-9,12-14H,11H2,1-5H3;/q2*-1;. The summed E-state index contributed by atoms with van der Waals surface area (Å²) in [5.74, 6) is 9.45.